The molecule has 17 heavy (non-hydrogen) atoms. The lowest BCUT2D eigenvalue weighted by Crippen LogP contribution is -2.07. The van der Waals surface area contributed by atoms with E-state index in [0.717, 1.165) is 23.5 Å². The molecule has 2 N–H and O–H groups in total. The SMILES string of the molecule is CCCOc1ccc(CN)c(OCOCC)c1. The number of benzene rings is 1. The van der Waals surface area contributed by atoms with Crippen LogP contribution in [0.15, 0.2) is 18.2 Å². The minimum Gasteiger partial charge on any atom is -0.493 e. The van der Waals surface area contributed by atoms with Gasteiger partial charge in [-0.1, -0.05) is 13.0 Å². The molecule has 1 aromatic carbocycles. The third-order valence-electron chi connectivity index (χ3n) is 2.23. The molecule has 0 saturated heterocycles. The Bertz CT molecular complexity index is 328. The summed E-state index contributed by atoms with van der Waals surface area (Å²) in [5, 5.41) is 0. The van der Waals surface area contributed by atoms with Crippen molar-refractivity contribution >= 4 is 0 Å². The molecule has 0 aromatic heterocycles. The molecule has 0 radical (unpaired) electrons. The predicted octanol–water partition coefficient (Wildman–Crippen LogP) is 2.31. The van der Waals surface area contributed by atoms with Crippen LogP contribution < -0.4 is 15.2 Å². The Morgan fingerprint density at radius 1 is 1.18 bits per heavy atom. The maximum Gasteiger partial charge on any atom is 0.189 e. The minimum atomic E-state index is 0.237. The van der Waals surface area contributed by atoms with Gasteiger partial charge in [-0.25, -0.2) is 0 Å². The van der Waals surface area contributed by atoms with Crippen molar-refractivity contribution in [3.63, 3.8) is 0 Å². The van der Waals surface area contributed by atoms with Crippen LogP contribution in [0.4, 0.5) is 0 Å². The highest BCUT2D eigenvalue weighted by Gasteiger charge is 2.04. The third kappa shape index (κ3) is 4.63. The first kappa shape index (κ1) is 13.8. The average Bonchev–Trinajstić information content (AvgIpc) is 2.37. The van der Waals surface area contributed by atoms with E-state index in [4.69, 9.17) is 19.9 Å². The van der Waals surface area contributed by atoms with Crippen LogP contribution in [0.5, 0.6) is 11.5 Å². The molecule has 0 aliphatic carbocycles. The van der Waals surface area contributed by atoms with Crippen molar-refractivity contribution in [3.05, 3.63) is 23.8 Å². The van der Waals surface area contributed by atoms with Crippen LogP contribution in [0, 0.1) is 0 Å². The van der Waals surface area contributed by atoms with E-state index in [1.54, 1.807) is 0 Å². The summed E-state index contributed by atoms with van der Waals surface area (Å²) in [6.45, 7) is 6.00. The van der Waals surface area contributed by atoms with Gasteiger partial charge in [-0.3, -0.25) is 0 Å². The van der Waals surface area contributed by atoms with E-state index in [-0.39, 0.29) is 6.79 Å². The second-order valence-corrected chi connectivity index (χ2v) is 3.58. The number of rotatable bonds is 8. The number of ether oxygens (including phenoxy) is 3. The summed E-state index contributed by atoms with van der Waals surface area (Å²) < 4.78 is 16.2. The summed E-state index contributed by atoms with van der Waals surface area (Å²) in [4.78, 5) is 0. The van der Waals surface area contributed by atoms with Crippen LogP contribution in [0.1, 0.15) is 25.8 Å². The Morgan fingerprint density at radius 2 is 2.00 bits per heavy atom. The van der Waals surface area contributed by atoms with Gasteiger partial charge in [0.05, 0.1) is 6.61 Å². The number of hydrogen-bond donors (Lipinski definition) is 1. The summed E-state index contributed by atoms with van der Waals surface area (Å²) >= 11 is 0. The lowest BCUT2D eigenvalue weighted by Gasteiger charge is -2.12. The third-order valence-corrected chi connectivity index (χ3v) is 2.23. The summed E-state index contributed by atoms with van der Waals surface area (Å²) in [7, 11) is 0. The van der Waals surface area contributed by atoms with Crippen molar-refractivity contribution in [2.45, 2.75) is 26.8 Å². The molecule has 0 atom stereocenters. The monoisotopic (exact) mass is 239 g/mol. The second kappa shape index (κ2) is 7.92. The lowest BCUT2D eigenvalue weighted by atomic mass is 10.2. The van der Waals surface area contributed by atoms with Gasteiger partial charge in [-0.2, -0.15) is 0 Å². The first-order valence-electron chi connectivity index (χ1n) is 5.98. The Hall–Kier alpha value is -1.26. The summed E-state index contributed by atoms with van der Waals surface area (Å²) in [5.74, 6) is 1.53. The van der Waals surface area contributed by atoms with Crippen molar-refractivity contribution in [1.82, 2.24) is 0 Å². The molecule has 0 spiro atoms. The van der Waals surface area contributed by atoms with Crippen molar-refractivity contribution in [2.75, 3.05) is 20.0 Å². The quantitative estimate of drug-likeness (QED) is 0.558. The molecule has 4 nitrogen and oxygen atoms in total. The molecule has 0 heterocycles. The minimum absolute atomic E-state index is 0.237. The first-order valence-corrected chi connectivity index (χ1v) is 5.98. The molecule has 4 heteroatoms. The molecule has 0 aliphatic heterocycles. The van der Waals surface area contributed by atoms with Crippen LogP contribution in [0.25, 0.3) is 0 Å². The predicted molar refractivity (Wildman–Crippen MR) is 67.2 cm³/mol. The van der Waals surface area contributed by atoms with Gasteiger partial charge < -0.3 is 19.9 Å². The van der Waals surface area contributed by atoms with Crippen LogP contribution >= 0.6 is 0 Å². The van der Waals surface area contributed by atoms with E-state index in [2.05, 4.69) is 6.92 Å². The maximum absolute atomic E-state index is 5.64. The zero-order valence-corrected chi connectivity index (χ0v) is 10.6. The van der Waals surface area contributed by atoms with Gasteiger partial charge in [0.25, 0.3) is 0 Å². The van der Waals surface area contributed by atoms with Gasteiger partial charge in [0, 0.05) is 24.8 Å². The van der Waals surface area contributed by atoms with Gasteiger partial charge in [-0.15, -0.1) is 0 Å². The van der Waals surface area contributed by atoms with E-state index in [1.165, 1.54) is 0 Å². The summed E-state index contributed by atoms with van der Waals surface area (Å²) in [6.07, 6.45) is 0.980. The Kier molecular flexibility index (Phi) is 6.43. The van der Waals surface area contributed by atoms with Crippen molar-refractivity contribution in [2.24, 2.45) is 5.73 Å². The van der Waals surface area contributed by atoms with Crippen LogP contribution in [-0.4, -0.2) is 20.0 Å². The van der Waals surface area contributed by atoms with E-state index in [0.29, 0.717) is 19.8 Å². The fraction of sp³-hybridized carbons (Fsp3) is 0.538. The molecular weight excluding hydrogens is 218 g/mol. The van der Waals surface area contributed by atoms with Crippen LogP contribution in [-0.2, 0) is 11.3 Å². The number of nitrogens with two attached hydrogens (primary N) is 1. The molecule has 1 aromatic rings. The van der Waals surface area contributed by atoms with Crippen LogP contribution in [0.3, 0.4) is 0 Å². The zero-order chi connectivity index (χ0) is 12.5. The average molecular weight is 239 g/mol. The molecule has 0 unspecified atom stereocenters. The highest BCUT2D eigenvalue weighted by molar-refractivity contribution is 5.40. The highest BCUT2D eigenvalue weighted by atomic mass is 16.7. The Labute approximate surface area is 103 Å². The van der Waals surface area contributed by atoms with Crippen molar-refractivity contribution in [1.29, 1.82) is 0 Å². The highest BCUT2D eigenvalue weighted by Crippen LogP contribution is 2.24. The molecule has 0 saturated carbocycles. The Balaban J connectivity index is 2.68. The van der Waals surface area contributed by atoms with E-state index >= 15 is 0 Å². The van der Waals surface area contributed by atoms with Gasteiger partial charge in [-0.05, 0) is 19.4 Å². The van der Waals surface area contributed by atoms with E-state index < -0.39 is 0 Å². The topological polar surface area (TPSA) is 53.7 Å². The van der Waals surface area contributed by atoms with Crippen LogP contribution in [0.2, 0.25) is 0 Å². The van der Waals surface area contributed by atoms with Gasteiger partial charge in [0.2, 0.25) is 0 Å². The number of hydrogen-bond acceptors (Lipinski definition) is 4. The maximum atomic E-state index is 5.64. The standard InChI is InChI=1S/C13H21NO3/c1-3-7-16-12-6-5-11(9-14)13(8-12)17-10-15-4-2/h5-6,8H,3-4,7,9-10,14H2,1-2H3. The van der Waals surface area contributed by atoms with Gasteiger partial charge >= 0.3 is 0 Å². The molecule has 1 rings (SSSR count). The fourth-order valence-electron chi connectivity index (χ4n) is 1.34. The Morgan fingerprint density at radius 3 is 2.65 bits per heavy atom. The fourth-order valence-corrected chi connectivity index (χ4v) is 1.34. The lowest BCUT2D eigenvalue weighted by molar-refractivity contribution is 0.0217. The molecule has 0 fully saturated rings. The molecule has 0 aliphatic rings. The summed E-state index contributed by atoms with van der Waals surface area (Å²) in [6, 6.07) is 5.69. The van der Waals surface area contributed by atoms with Gasteiger partial charge in [0.15, 0.2) is 6.79 Å². The molecule has 0 amide bonds. The molecule has 96 valence electrons. The second-order valence-electron chi connectivity index (χ2n) is 3.58. The van der Waals surface area contributed by atoms with Crippen molar-refractivity contribution < 1.29 is 14.2 Å². The normalized spacial score (nSPS) is 10.3. The zero-order valence-electron chi connectivity index (χ0n) is 10.6. The van der Waals surface area contributed by atoms with Crippen molar-refractivity contribution in [3.8, 4) is 11.5 Å². The summed E-state index contributed by atoms with van der Waals surface area (Å²) in [5.41, 5.74) is 6.60. The van der Waals surface area contributed by atoms with Gasteiger partial charge in [0.1, 0.15) is 11.5 Å². The molecular formula is C13H21NO3. The first-order chi connectivity index (χ1) is 8.31. The molecule has 0 bridgehead atoms. The largest absolute Gasteiger partial charge is 0.493 e. The van der Waals surface area contributed by atoms with E-state index in [9.17, 15) is 0 Å². The van der Waals surface area contributed by atoms with E-state index in [1.807, 2.05) is 25.1 Å². The smallest absolute Gasteiger partial charge is 0.189 e.